The van der Waals surface area contributed by atoms with Crippen molar-refractivity contribution in [3.63, 3.8) is 0 Å². The number of aryl methyl sites for hydroxylation is 1. The van der Waals surface area contributed by atoms with Crippen LogP contribution in [0.3, 0.4) is 0 Å². The van der Waals surface area contributed by atoms with Crippen LogP contribution >= 0.6 is 0 Å². The van der Waals surface area contributed by atoms with Crippen molar-refractivity contribution in [3.8, 4) is 0 Å². The van der Waals surface area contributed by atoms with E-state index in [1.54, 1.807) is 30.3 Å². The Bertz CT molecular complexity index is 701. The van der Waals surface area contributed by atoms with Crippen molar-refractivity contribution in [2.45, 2.75) is 19.8 Å². The summed E-state index contributed by atoms with van der Waals surface area (Å²) < 4.78 is 13.5. The second-order valence-corrected chi connectivity index (χ2v) is 5.06. The molecule has 2 amide bonds. The molecule has 0 aliphatic rings. The van der Waals surface area contributed by atoms with Crippen LogP contribution in [0.4, 0.5) is 10.1 Å². The molecule has 0 atom stereocenters. The minimum atomic E-state index is -0.729. The monoisotopic (exact) mass is 314 g/mol. The van der Waals surface area contributed by atoms with E-state index in [1.807, 2.05) is 19.1 Å². The van der Waals surface area contributed by atoms with Gasteiger partial charge in [0.1, 0.15) is 5.82 Å². The average Bonchev–Trinajstić information content (AvgIpc) is 2.57. The van der Waals surface area contributed by atoms with E-state index < -0.39 is 11.8 Å². The molecule has 2 aromatic rings. The highest BCUT2D eigenvalue weighted by Crippen LogP contribution is 2.15. The molecule has 0 aliphatic carbocycles. The summed E-state index contributed by atoms with van der Waals surface area (Å²) in [6.07, 6.45) is 1.09. The van der Waals surface area contributed by atoms with Gasteiger partial charge in [0.25, 0.3) is 0 Å². The largest absolute Gasteiger partial charge is 0.347 e. The van der Waals surface area contributed by atoms with Gasteiger partial charge in [-0.2, -0.15) is 0 Å². The van der Waals surface area contributed by atoms with Crippen molar-refractivity contribution in [3.05, 3.63) is 65.5 Å². The van der Waals surface area contributed by atoms with Crippen LogP contribution in [0.2, 0.25) is 0 Å². The zero-order valence-electron chi connectivity index (χ0n) is 12.9. The second kappa shape index (κ2) is 8.08. The van der Waals surface area contributed by atoms with Gasteiger partial charge in [0.15, 0.2) is 0 Å². The molecule has 0 aromatic heterocycles. The summed E-state index contributed by atoms with van der Waals surface area (Å²) in [6.45, 7) is 2.17. The van der Waals surface area contributed by atoms with Crippen molar-refractivity contribution in [2.75, 3.05) is 11.9 Å². The highest BCUT2D eigenvalue weighted by molar-refractivity contribution is 6.39. The first-order valence-corrected chi connectivity index (χ1v) is 7.52. The Morgan fingerprint density at radius 3 is 2.30 bits per heavy atom. The third kappa shape index (κ3) is 4.64. The van der Waals surface area contributed by atoms with Crippen LogP contribution < -0.4 is 10.6 Å². The lowest BCUT2D eigenvalue weighted by molar-refractivity contribution is -0.136. The number of halogens is 1. The Labute approximate surface area is 134 Å². The van der Waals surface area contributed by atoms with E-state index in [4.69, 9.17) is 0 Å². The van der Waals surface area contributed by atoms with Crippen LogP contribution in [0, 0.1) is 5.82 Å². The predicted molar refractivity (Wildman–Crippen MR) is 87.6 cm³/mol. The third-order valence-electron chi connectivity index (χ3n) is 3.49. The maximum Gasteiger partial charge on any atom is 0.313 e. The standard InChI is InChI=1S/C18H19FN2O2/c1-2-13-7-4-6-10-16(13)21-18(23)17(22)20-12-11-14-8-3-5-9-15(14)19/h3-10H,2,11-12H2,1H3,(H,20,22)(H,21,23). The van der Waals surface area contributed by atoms with Gasteiger partial charge in [-0.15, -0.1) is 0 Å². The lowest BCUT2D eigenvalue weighted by Gasteiger charge is -2.10. The molecule has 0 saturated heterocycles. The molecular formula is C18H19FN2O2. The topological polar surface area (TPSA) is 58.2 Å². The SMILES string of the molecule is CCc1ccccc1NC(=O)C(=O)NCCc1ccccc1F. The predicted octanol–water partition coefficient (Wildman–Crippen LogP) is 2.69. The molecule has 0 spiro atoms. The number of carbonyl (C=O) groups is 2. The molecule has 0 heterocycles. The van der Waals surface area contributed by atoms with E-state index in [1.165, 1.54) is 6.07 Å². The highest BCUT2D eigenvalue weighted by atomic mass is 19.1. The number of hydrogen-bond donors (Lipinski definition) is 2. The number of rotatable bonds is 5. The van der Waals surface area contributed by atoms with Gasteiger partial charge in [-0.05, 0) is 36.1 Å². The van der Waals surface area contributed by atoms with Crippen molar-refractivity contribution >= 4 is 17.5 Å². The fourth-order valence-corrected chi connectivity index (χ4v) is 2.22. The van der Waals surface area contributed by atoms with Crippen molar-refractivity contribution < 1.29 is 14.0 Å². The van der Waals surface area contributed by atoms with Gasteiger partial charge in [-0.25, -0.2) is 4.39 Å². The number of para-hydroxylation sites is 1. The summed E-state index contributed by atoms with van der Waals surface area (Å²) in [6, 6.07) is 13.7. The molecular weight excluding hydrogens is 295 g/mol. The molecule has 2 rings (SSSR count). The molecule has 120 valence electrons. The Hall–Kier alpha value is -2.69. The maximum atomic E-state index is 13.5. The lowest BCUT2D eigenvalue weighted by atomic mass is 10.1. The lowest BCUT2D eigenvalue weighted by Crippen LogP contribution is -2.36. The van der Waals surface area contributed by atoms with E-state index >= 15 is 0 Å². The molecule has 5 heteroatoms. The number of hydrogen-bond acceptors (Lipinski definition) is 2. The van der Waals surface area contributed by atoms with Crippen LogP contribution in [0.1, 0.15) is 18.1 Å². The van der Waals surface area contributed by atoms with Crippen LogP contribution in [0.15, 0.2) is 48.5 Å². The zero-order valence-corrected chi connectivity index (χ0v) is 12.9. The summed E-state index contributed by atoms with van der Waals surface area (Å²) in [7, 11) is 0. The van der Waals surface area contributed by atoms with Crippen molar-refractivity contribution in [2.24, 2.45) is 0 Å². The summed E-state index contributed by atoms with van der Waals surface area (Å²) >= 11 is 0. The molecule has 2 N–H and O–H groups in total. The first kappa shape index (κ1) is 16.7. The van der Waals surface area contributed by atoms with Gasteiger partial charge in [0.05, 0.1) is 0 Å². The number of amides is 2. The highest BCUT2D eigenvalue weighted by Gasteiger charge is 2.14. The van der Waals surface area contributed by atoms with E-state index in [0.717, 1.165) is 12.0 Å². The Kier molecular flexibility index (Phi) is 5.86. The van der Waals surface area contributed by atoms with Crippen molar-refractivity contribution in [1.82, 2.24) is 5.32 Å². The van der Waals surface area contributed by atoms with Crippen LogP contribution in [0.5, 0.6) is 0 Å². The van der Waals surface area contributed by atoms with Crippen molar-refractivity contribution in [1.29, 1.82) is 0 Å². The van der Waals surface area contributed by atoms with E-state index in [2.05, 4.69) is 10.6 Å². The first-order chi connectivity index (χ1) is 11.1. The molecule has 23 heavy (non-hydrogen) atoms. The molecule has 0 unspecified atom stereocenters. The second-order valence-electron chi connectivity index (χ2n) is 5.06. The Morgan fingerprint density at radius 1 is 0.957 bits per heavy atom. The van der Waals surface area contributed by atoms with E-state index in [0.29, 0.717) is 17.7 Å². The van der Waals surface area contributed by atoms with Crippen LogP contribution in [-0.4, -0.2) is 18.4 Å². The summed E-state index contributed by atoms with van der Waals surface area (Å²) in [5.74, 6) is -1.77. The molecule has 0 fully saturated rings. The van der Waals surface area contributed by atoms with Gasteiger partial charge in [-0.3, -0.25) is 9.59 Å². The fourth-order valence-electron chi connectivity index (χ4n) is 2.22. The summed E-state index contributed by atoms with van der Waals surface area (Å²) in [5, 5.41) is 5.09. The minimum absolute atomic E-state index is 0.197. The normalized spacial score (nSPS) is 10.2. The van der Waals surface area contributed by atoms with Gasteiger partial charge in [-0.1, -0.05) is 43.3 Å². The minimum Gasteiger partial charge on any atom is -0.347 e. The smallest absolute Gasteiger partial charge is 0.313 e. The van der Waals surface area contributed by atoms with E-state index in [-0.39, 0.29) is 12.4 Å². The van der Waals surface area contributed by atoms with Gasteiger partial charge < -0.3 is 10.6 Å². The summed E-state index contributed by atoms with van der Waals surface area (Å²) in [4.78, 5) is 23.7. The molecule has 0 saturated carbocycles. The average molecular weight is 314 g/mol. The quantitative estimate of drug-likeness (QED) is 0.834. The van der Waals surface area contributed by atoms with Crippen LogP contribution in [-0.2, 0) is 22.4 Å². The summed E-state index contributed by atoms with van der Waals surface area (Å²) in [5.41, 5.74) is 2.09. The number of anilines is 1. The number of carbonyl (C=O) groups excluding carboxylic acids is 2. The molecule has 0 aliphatic heterocycles. The van der Waals surface area contributed by atoms with Gasteiger partial charge in [0.2, 0.25) is 0 Å². The molecule has 4 nitrogen and oxygen atoms in total. The molecule has 0 bridgehead atoms. The number of nitrogens with one attached hydrogen (secondary N) is 2. The van der Waals surface area contributed by atoms with Gasteiger partial charge in [0, 0.05) is 12.2 Å². The maximum absolute atomic E-state index is 13.5. The zero-order chi connectivity index (χ0) is 16.7. The molecule has 0 radical (unpaired) electrons. The first-order valence-electron chi connectivity index (χ1n) is 7.52. The number of benzene rings is 2. The fraction of sp³-hybridized carbons (Fsp3) is 0.222. The van der Waals surface area contributed by atoms with Gasteiger partial charge >= 0.3 is 11.8 Å². The van der Waals surface area contributed by atoms with Crippen LogP contribution in [0.25, 0.3) is 0 Å². The molecule has 2 aromatic carbocycles. The Morgan fingerprint density at radius 2 is 1.61 bits per heavy atom. The third-order valence-corrected chi connectivity index (χ3v) is 3.49. The van der Waals surface area contributed by atoms with E-state index in [9.17, 15) is 14.0 Å². The Balaban J connectivity index is 1.86.